The molecule has 21 heteroatoms. The minimum absolute atomic E-state index is 0.0349. The van der Waals surface area contributed by atoms with Gasteiger partial charge in [-0.05, 0) is 171 Å². The lowest BCUT2D eigenvalue weighted by Crippen LogP contribution is -2.52. The van der Waals surface area contributed by atoms with Crippen molar-refractivity contribution < 1.29 is 71.0 Å². The summed E-state index contributed by atoms with van der Waals surface area (Å²) in [5, 5.41) is 21.0. The van der Waals surface area contributed by atoms with Crippen LogP contribution in [0.5, 0.6) is 0 Å². The Balaban J connectivity index is 0.000000222. The molecule has 4 fully saturated rings. The van der Waals surface area contributed by atoms with Crippen LogP contribution in [0, 0.1) is 11.6 Å². The van der Waals surface area contributed by atoms with Crippen molar-refractivity contribution in [1.29, 1.82) is 0 Å². The molecule has 10 rings (SSSR count). The van der Waals surface area contributed by atoms with Crippen LogP contribution in [0.2, 0.25) is 0 Å². The molecule has 4 amide bonds. The molecule has 0 aromatic heterocycles. The average Bonchev–Trinajstić information content (AvgIpc) is 1.67. The predicted octanol–water partition coefficient (Wildman–Crippen LogP) is 16.5. The van der Waals surface area contributed by atoms with Gasteiger partial charge in [0.05, 0.1) is 57.4 Å². The number of aliphatic carboxylic acids is 1. The normalized spacial score (nSPS) is 19.8. The summed E-state index contributed by atoms with van der Waals surface area (Å²) in [5.74, 6) is -2.17. The number of rotatable bonds is 28. The fourth-order valence-corrected chi connectivity index (χ4v) is 12.6. The number of amides is 4. The molecule has 4 heterocycles. The van der Waals surface area contributed by atoms with Gasteiger partial charge in [0.1, 0.15) is 40.5 Å². The second kappa shape index (κ2) is 46.3. The largest absolute Gasteiger partial charge is 0.480 e. The first-order valence-corrected chi connectivity index (χ1v) is 38.0. The lowest BCUT2D eigenvalue weighted by Gasteiger charge is -2.29. The van der Waals surface area contributed by atoms with E-state index < -0.39 is 52.9 Å². The molecule has 4 aliphatic heterocycles. The third kappa shape index (κ3) is 35.1. The van der Waals surface area contributed by atoms with Crippen molar-refractivity contribution in [3.8, 4) is 0 Å². The van der Waals surface area contributed by atoms with E-state index in [2.05, 4.69) is 71.8 Å². The van der Waals surface area contributed by atoms with Gasteiger partial charge in [-0.1, -0.05) is 170 Å². The minimum atomic E-state index is -1.18. The number of carboxylic acid groups (broad SMARTS) is 1. The van der Waals surface area contributed by atoms with Gasteiger partial charge < -0.3 is 69.3 Å². The maximum Gasteiger partial charge on any atom is 0.410 e. The van der Waals surface area contributed by atoms with Gasteiger partial charge in [0.15, 0.2) is 0 Å². The lowest BCUT2D eigenvalue weighted by atomic mass is 10.0. The Kier molecular flexibility index (Phi) is 37.7. The van der Waals surface area contributed by atoms with Gasteiger partial charge in [0.2, 0.25) is 5.91 Å². The predicted molar refractivity (Wildman–Crippen MR) is 428 cm³/mol. The standard InChI is InChI=1S/C28H35FN2O4.C19H27NO3.C14H18FNO4.2C14H19NO/c1-5-9-23-17-24(34-19-21-10-7-6-8-11-21)18-31(23)26(32)25(30-27(33)35-28(2,3)4)16-20-12-14-22(29)15-13-20;1-5-9-16-12-17(22-14-15-10-7-6-8-11-15)13-20(16)18(21)23-19(2,3)4;1-14(2,3)20-13(19)16-11(12(17)18)8-9-4-6-10(15)7-5-9;2*1-2-6-13-9-14(10-15-13)16-11-12-7-4-3-5-8-12/h5-8,10-15,23-25H,1,9,16-19H2,2-4H3,(H,30,33);5-8,10-11,16-17H,1,9,12-14H2,2-4H3;4-7,11H,8H2,1-3H3,(H,16,19)(H,17,18);2*2-5,7-8,13-15H,1,6,9-11H2/t23-,24+,25+;16-,17+;11-;2*13-,14+/m00100/s1. The number of carboxylic acids is 1. The summed E-state index contributed by atoms with van der Waals surface area (Å²) in [7, 11) is 0. The second-order valence-electron chi connectivity index (χ2n) is 30.8. The van der Waals surface area contributed by atoms with Crippen molar-refractivity contribution in [2.24, 2.45) is 0 Å². The number of alkyl carbamates (subject to hydrolysis) is 2. The van der Waals surface area contributed by atoms with Crippen molar-refractivity contribution in [1.82, 2.24) is 31.1 Å². The third-order valence-electron chi connectivity index (χ3n) is 17.8. The van der Waals surface area contributed by atoms with E-state index in [0.717, 1.165) is 68.3 Å². The topological polar surface area (TPSA) is 225 Å². The Morgan fingerprint density at radius 3 is 1.09 bits per heavy atom. The van der Waals surface area contributed by atoms with E-state index in [-0.39, 0.29) is 55.0 Å². The van der Waals surface area contributed by atoms with Crippen LogP contribution in [-0.4, -0.2) is 149 Å². The summed E-state index contributed by atoms with van der Waals surface area (Å²) in [6.45, 7) is 36.5. The van der Waals surface area contributed by atoms with Crippen LogP contribution in [0.1, 0.15) is 147 Å². The van der Waals surface area contributed by atoms with Gasteiger partial charge in [0, 0.05) is 56.6 Å². The molecule has 0 spiro atoms. The SMILES string of the molecule is C=CC[C@H]1C[C@@H](OCc2ccccc2)CN1.C=CC[C@H]1C[C@@H](OCc2ccccc2)CN1.C=CC[C@H]1C[C@@H](OCc2ccccc2)CN1C(=O)OC(C)(C)C.C=CC[C@H]1C[C@@H](OCc2ccccc2)CN1C(=O)[C@@H](Cc1ccc(F)cc1)NC(=O)OC(C)(C)C.CC(C)(C)OC(=O)N[C@H](Cc1ccc(F)cc1)C(=O)O. The molecule has 6 aromatic carbocycles. The van der Waals surface area contributed by atoms with Gasteiger partial charge in [0.25, 0.3) is 0 Å². The van der Waals surface area contributed by atoms with Crippen molar-refractivity contribution in [3.63, 3.8) is 0 Å². The number of halogens is 2. The molecule has 6 aromatic rings. The number of hydrogen-bond donors (Lipinski definition) is 5. The summed E-state index contributed by atoms with van der Waals surface area (Å²) in [6.07, 6.45) is 13.8. The highest BCUT2D eigenvalue weighted by atomic mass is 19.1. The maximum atomic E-state index is 13.7. The van der Waals surface area contributed by atoms with Crippen molar-refractivity contribution in [3.05, 3.63) is 265 Å². The summed E-state index contributed by atoms with van der Waals surface area (Å²) in [6, 6.07) is 51.1. The molecule has 110 heavy (non-hydrogen) atoms. The molecule has 0 radical (unpaired) electrons. The molecule has 0 saturated carbocycles. The van der Waals surface area contributed by atoms with Gasteiger partial charge in [-0.15, -0.1) is 26.3 Å². The van der Waals surface area contributed by atoms with E-state index in [9.17, 15) is 32.8 Å². The molecule has 19 nitrogen and oxygen atoms in total. The molecule has 5 N–H and O–H groups in total. The Bertz CT molecular complexity index is 3660. The number of nitrogens with zero attached hydrogens (tertiary/aromatic N) is 2. The average molecular weight is 1520 g/mol. The summed E-state index contributed by atoms with van der Waals surface area (Å²) >= 11 is 0. The third-order valence-corrected chi connectivity index (χ3v) is 17.8. The highest BCUT2D eigenvalue weighted by molar-refractivity contribution is 5.86. The van der Waals surface area contributed by atoms with Crippen LogP contribution < -0.4 is 21.3 Å². The highest BCUT2D eigenvalue weighted by Crippen LogP contribution is 2.29. The van der Waals surface area contributed by atoms with Crippen LogP contribution in [-0.2, 0) is 82.0 Å². The lowest BCUT2D eigenvalue weighted by molar-refractivity contribution is -0.139. The Hall–Kier alpha value is -9.35. The number of likely N-dealkylation sites (tertiary alicyclic amines) is 2. The Morgan fingerprint density at radius 1 is 0.436 bits per heavy atom. The zero-order valence-corrected chi connectivity index (χ0v) is 65.8. The zero-order chi connectivity index (χ0) is 80.1. The highest BCUT2D eigenvalue weighted by Gasteiger charge is 2.40. The molecule has 0 aliphatic carbocycles. The second-order valence-corrected chi connectivity index (χ2v) is 30.8. The van der Waals surface area contributed by atoms with Gasteiger partial charge in [-0.3, -0.25) is 4.79 Å². The van der Waals surface area contributed by atoms with Gasteiger partial charge in [-0.2, -0.15) is 0 Å². The molecule has 10 atom stereocenters. The van der Waals surface area contributed by atoms with E-state index in [1.165, 1.54) is 47.5 Å². The quantitative estimate of drug-likeness (QED) is 0.0227. The molecular weight excluding hydrogens is 1400 g/mol. The van der Waals surface area contributed by atoms with Crippen LogP contribution in [0.4, 0.5) is 23.2 Å². The van der Waals surface area contributed by atoms with Crippen molar-refractivity contribution >= 4 is 30.2 Å². The van der Waals surface area contributed by atoms with Crippen LogP contribution in [0.25, 0.3) is 0 Å². The van der Waals surface area contributed by atoms with E-state index in [0.29, 0.717) is 82.2 Å². The van der Waals surface area contributed by atoms with Gasteiger partial charge in [-0.25, -0.2) is 28.0 Å². The molecule has 0 unspecified atom stereocenters. The van der Waals surface area contributed by atoms with E-state index in [1.54, 1.807) is 69.6 Å². The molecular formula is C89H118F2N6O13. The molecule has 4 saturated heterocycles. The minimum Gasteiger partial charge on any atom is -0.480 e. The van der Waals surface area contributed by atoms with Crippen molar-refractivity contribution in [2.75, 3.05) is 26.2 Å². The first-order chi connectivity index (χ1) is 52.5. The summed E-state index contributed by atoms with van der Waals surface area (Å²) in [4.78, 5) is 64.9. The Morgan fingerprint density at radius 2 is 0.755 bits per heavy atom. The van der Waals surface area contributed by atoms with Crippen LogP contribution >= 0.6 is 0 Å². The fraction of sp³-hybridized carbons (Fsp3) is 0.449. The number of benzene rings is 6. The molecule has 4 aliphatic rings. The molecule has 596 valence electrons. The van der Waals surface area contributed by atoms with Crippen LogP contribution in [0.15, 0.2) is 220 Å². The number of nitrogens with one attached hydrogen (secondary N) is 4. The smallest absolute Gasteiger partial charge is 0.410 e. The zero-order valence-electron chi connectivity index (χ0n) is 65.8. The van der Waals surface area contributed by atoms with Crippen LogP contribution in [0.3, 0.4) is 0 Å². The van der Waals surface area contributed by atoms with E-state index >= 15 is 0 Å². The molecule has 0 bridgehead atoms. The first-order valence-electron chi connectivity index (χ1n) is 38.0. The number of carbonyl (C=O) groups is 5. The van der Waals surface area contributed by atoms with Crippen molar-refractivity contribution in [2.45, 2.75) is 230 Å². The number of ether oxygens (including phenoxy) is 7. The Labute approximate surface area is 651 Å². The fourth-order valence-electron chi connectivity index (χ4n) is 12.6. The van der Waals surface area contributed by atoms with E-state index in [4.69, 9.17) is 38.3 Å². The summed E-state index contributed by atoms with van der Waals surface area (Å²) in [5.41, 5.74) is 4.14. The maximum absolute atomic E-state index is 13.7. The van der Waals surface area contributed by atoms with E-state index in [1.807, 2.05) is 136 Å². The number of hydrogen-bond acceptors (Lipinski definition) is 14. The number of carbonyl (C=O) groups excluding carboxylic acids is 4. The van der Waals surface area contributed by atoms with Gasteiger partial charge >= 0.3 is 24.2 Å². The monoisotopic (exact) mass is 1520 g/mol. The first kappa shape index (κ1) is 89.5. The summed E-state index contributed by atoms with van der Waals surface area (Å²) < 4.78 is 65.9.